The summed E-state index contributed by atoms with van der Waals surface area (Å²) in [6.45, 7) is 6.75. The fourth-order valence-electron chi connectivity index (χ4n) is 3.13. The molecule has 0 bridgehead atoms. The molecule has 8 heteroatoms. The Morgan fingerprint density at radius 3 is 2.77 bits per heavy atom. The number of para-hydroxylation sites is 1. The van der Waals surface area contributed by atoms with Crippen molar-refractivity contribution >= 4 is 35.8 Å². The number of hydrogen-bond acceptors (Lipinski definition) is 5. The van der Waals surface area contributed by atoms with Crippen LogP contribution in [0.25, 0.3) is 0 Å². The van der Waals surface area contributed by atoms with Crippen molar-refractivity contribution in [2.45, 2.75) is 26.0 Å². The topological polar surface area (TPSA) is 71.0 Å². The minimum atomic E-state index is 0. The van der Waals surface area contributed by atoms with Crippen LogP contribution >= 0.6 is 24.0 Å². The van der Waals surface area contributed by atoms with E-state index in [2.05, 4.69) is 44.6 Å². The summed E-state index contributed by atoms with van der Waals surface area (Å²) in [4.78, 5) is 11.1. The number of nitrogens with one attached hydrogen (secondary N) is 2. The van der Waals surface area contributed by atoms with Crippen LogP contribution in [-0.4, -0.2) is 56.9 Å². The Kier molecular flexibility index (Phi) is 10.7. The summed E-state index contributed by atoms with van der Waals surface area (Å²) >= 11 is 0. The molecule has 1 aliphatic rings. The third kappa shape index (κ3) is 7.98. The monoisotopic (exact) mass is 525 g/mol. The molecule has 0 aliphatic carbocycles. The minimum absolute atomic E-state index is 0. The highest BCUT2D eigenvalue weighted by atomic mass is 127. The van der Waals surface area contributed by atoms with Gasteiger partial charge in [0.1, 0.15) is 11.6 Å². The van der Waals surface area contributed by atoms with Gasteiger partial charge in [0.25, 0.3) is 0 Å². The Morgan fingerprint density at radius 2 is 2.07 bits per heavy atom. The number of halogens is 1. The molecule has 1 saturated heterocycles. The van der Waals surface area contributed by atoms with Crippen LogP contribution in [-0.2, 0) is 11.3 Å². The van der Waals surface area contributed by atoms with Gasteiger partial charge >= 0.3 is 0 Å². The Balaban J connectivity index is 0.00000320. The molecule has 0 spiro atoms. The standard InChI is InChI=1S/C22H31N5O2.HI/c1-18-17-27(12-14-28-18)21-10-9-19(15-25-21)16-26-22(23-2)24-11-6-13-29-20-7-4-3-5-8-20;/h3-5,7-10,15,18H,6,11-14,16-17H2,1-2H3,(H2,23,24,26);1H. The number of aliphatic imine (C=N–C) groups is 1. The summed E-state index contributed by atoms with van der Waals surface area (Å²) < 4.78 is 11.3. The van der Waals surface area contributed by atoms with Gasteiger partial charge in [0.2, 0.25) is 0 Å². The Morgan fingerprint density at radius 1 is 1.23 bits per heavy atom. The van der Waals surface area contributed by atoms with Gasteiger partial charge in [0.05, 0.1) is 19.3 Å². The number of aromatic nitrogens is 1. The highest BCUT2D eigenvalue weighted by Crippen LogP contribution is 2.15. The van der Waals surface area contributed by atoms with Gasteiger partial charge in [-0.3, -0.25) is 4.99 Å². The van der Waals surface area contributed by atoms with Crippen LogP contribution in [0.4, 0.5) is 5.82 Å². The predicted octanol–water partition coefficient (Wildman–Crippen LogP) is 3.06. The average molecular weight is 525 g/mol. The van der Waals surface area contributed by atoms with Gasteiger partial charge in [-0.2, -0.15) is 0 Å². The van der Waals surface area contributed by atoms with Crippen molar-refractivity contribution in [3.8, 4) is 5.75 Å². The molecule has 1 fully saturated rings. The second-order valence-electron chi connectivity index (χ2n) is 7.02. The molecule has 1 aromatic heterocycles. The molecule has 0 amide bonds. The van der Waals surface area contributed by atoms with E-state index in [9.17, 15) is 0 Å². The molecule has 7 nitrogen and oxygen atoms in total. The molecule has 1 aliphatic heterocycles. The molecule has 1 unspecified atom stereocenters. The molecular formula is C22H32IN5O2. The number of morpholine rings is 1. The van der Waals surface area contributed by atoms with Crippen molar-refractivity contribution in [2.24, 2.45) is 4.99 Å². The number of guanidine groups is 1. The van der Waals surface area contributed by atoms with E-state index in [0.717, 1.165) is 55.8 Å². The van der Waals surface area contributed by atoms with Gasteiger partial charge in [-0.25, -0.2) is 4.98 Å². The lowest BCUT2D eigenvalue weighted by atomic mass is 10.2. The zero-order valence-corrected chi connectivity index (χ0v) is 20.0. The third-order valence-electron chi connectivity index (χ3n) is 4.68. The van der Waals surface area contributed by atoms with Crippen molar-refractivity contribution in [1.29, 1.82) is 0 Å². The number of benzene rings is 1. The van der Waals surface area contributed by atoms with Crippen LogP contribution in [0.1, 0.15) is 18.9 Å². The van der Waals surface area contributed by atoms with Crippen molar-refractivity contribution < 1.29 is 9.47 Å². The van der Waals surface area contributed by atoms with Crippen molar-refractivity contribution in [3.05, 3.63) is 54.2 Å². The summed E-state index contributed by atoms with van der Waals surface area (Å²) in [7, 11) is 1.77. The number of anilines is 1. The van der Waals surface area contributed by atoms with Crippen molar-refractivity contribution in [1.82, 2.24) is 15.6 Å². The molecular weight excluding hydrogens is 493 g/mol. The molecule has 1 atom stereocenters. The first-order valence-corrected chi connectivity index (χ1v) is 10.2. The smallest absolute Gasteiger partial charge is 0.191 e. The molecule has 0 saturated carbocycles. The summed E-state index contributed by atoms with van der Waals surface area (Å²) in [5.41, 5.74) is 1.12. The third-order valence-corrected chi connectivity index (χ3v) is 4.68. The predicted molar refractivity (Wildman–Crippen MR) is 132 cm³/mol. The fourth-order valence-corrected chi connectivity index (χ4v) is 3.13. The van der Waals surface area contributed by atoms with Crippen LogP contribution in [0.3, 0.4) is 0 Å². The first kappa shape index (κ1) is 24.2. The maximum absolute atomic E-state index is 5.70. The lowest BCUT2D eigenvalue weighted by molar-refractivity contribution is 0.0529. The minimum Gasteiger partial charge on any atom is -0.494 e. The maximum Gasteiger partial charge on any atom is 0.191 e. The quantitative estimate of drug-likeness (QED) is 0.239. The number of nitrogens with zero attached hydrogens (tertiary/aromatic N) is 3. The van der Waals surface area contributed by atoms with Crippen LogP contribution in [0.5, 0.6) is 5.75 Å². The SMILES string of the molecule is CN=C(NCCCOc1ccccc1)NCc1ccc(N2CCOC(C)C2)nc1.I. The number of pyridine rings is 1. The Labute approximate surface area is 196 Å². The maximum atomic E-state index is 5.70. The van der Waals surface area contributed by atoms with Gasteiger partial charge in [-0.1, -0.05) is 24.3 Å². The lowest BCUT2D eigenvalue weighted by Crippen LogP contribution is -2.41. The molecule has 2 aromatic rings. The average Bonchev–Trinajstić information content (AvgIpc) is 2.77. The van der Waals surface area contributed by atoms with E-state index in [1.54, 1.807) is 7.05 Å². The summed E-state index contributed by atoms with van der Waals surface area (Å²) in [5.74, 6) is 2.68. The van der Waals surface area contributed by atoms with Gasteiger partial charge < -0.3 is 25.0 Å². The van der Waals surface area contributed by atoms with Crippen LogP contribution in [0.15, 0.2) is 53.7 Å². The number of ether oxygens (including phenoxy) is 2. The summed E-state index contributed by atoms with van der Waals surface area (Å²) in [6.07, 6.45) is 3.06. The Hall–Kier alpha value is -2.07. The summed E-state index contributed by atoms with van der Waals surface area (Å²) in [6, 6.07) is 14.0. The van der Waals surface area contributed by atoms with E-state index in [1.807, 2.05) is 36.5 Å². The second-order valence-corrected chi connectivity index (χ2v) is 7.02. The van der Waals surface area contributed by atoms with E-state index >= 15 is 0 Å². The molecule has 3 rings (SSSR count). The normalized spacial score (nSPS) is 16.5. The molecule has 2 heterocycles. The molecule has 2 N–H and O–H groups in total. The second kappa shape index (κ2) is 13.3. The number of hydrogen-bond donors (Lipinski definition) is 2. The van der Waals surface area contributed by atoms with Gasteiger partial charge in [-0.15, -0.1) is 24.0 Å². The van der Waals surface area contributed by atoms with E-state index < -0.39 is 0 Å². The van der Waals surface area contributed by atoms with Crippen molar-refractivity contribution in [3.63, 3.8) is 0 Å². The fraction of sp³-hybridized carbons (Fsp3) is 0.455. The van der Waals surface area contributed by atoms with E-state index in [4.69, 9.17) is 9.47 Å². The summed E-state index contributed by atoms with van der Waals surface area (Å²) in [5, 5.41) is 6.64. The van der Waals surface area contributed by atoms with E-state index in [-0.39, 0.29) is 30.1 Å². The first-order valence-electron chi connectivity index (χ1n) is 10.2. The largest absolute Gasteiger partial charge is 0.494 e. The highest BCUT2D eigenvalue weighted by molar-refractivity contribution is 14.0. The van der Waals surface area contributed by atoms with E-state index in [1.165, 1.54) is 0 Å². The first-order chi connectivity index (χ1) is 14.2. The zero-order chi connectivity index (χ0) is 20.3. The van der Waals surface area contributed by atoms with Gasteiger partial charge in [-0.05, 0) is 37.1 Å². The van der Waals surface area contributed by atoms with Crippen LogP contribution in [0.2, 0.25) is 0 Å². The number of rotatable bonds is 8. The lowest BCUT2D eigenvalue weighted by Gasteiger charge is -2.32. The van der Waals surface area contributed by atoms with Gasteiger partial charge in [0.15, 0.2) is 5.96 Å². The Bertz CT molecular complexity index is 758. The van der Waals surface area contributed by atoms with Crippen LogP contribution in [0, 0.1) is 0 Å². The highest BCUT2D eigenvalue weighted by Gasteiger charge is 2.17. The molecule has 30 heavy (non-hydrogen) atoms. The van der Waals surface area contributed by atoms with Crippen molar-refractivity contribution in [2.75, 3.05) is 44.8 Å². The molecule has 0 radical (unpaired) electrons. The zero-order valence-electron chi connectivity index (χ0n) is 17.7. The van der Waals surface area contributed by atoms with Gasteiger partial charge in [0, 0.05) is 39.4 Å². The molecule has 164 valence electrons. The van der Waals surface area contributed by atoms with Crippen LogP contribution < -0.4 is 20.3 Å². The molecule has 1 aromatic carbocycles. The van der Waals surface area contributed by atoms with E-state index in [0.29, 0.717) is 13.2 Å².